The molecule has 3 aromatic carbocycles. The SMILES string of the molecule is Cc1ccc(-n2c(SCC(=O)Nc3ccc(F)cc3)nnc2-c2ccccc2F)cc1. The predicted molar refractivity (Wildman–Crippen MR) is 117 cm³/mol. The second-order valence-electron chi connectivity index (χ2n) is 6.80. The molecule has 0 atom stereocenters. The normalized spacial score (nSPS) is 10.8. The van der Waals surface area contributed by atoms with E-state index in [9.17, 15) is 13.6 Å². The van der Waals surface area contributed by atoms with E-state index < -0.39 is 5.82 Å². The molecule has 0 saturated heterocycles. The number of rotatable bonds is 6. The fourth-order valence-electron chi connectivity index (χ4n) is 2.97. The van der Waals surface area contributed by atoms with E-state index in [2.05, 4.69) is 15.5 Å². The van der Waals surface area contributed by atoms with E-state index in [4.69, 9.17) is 0 Å². The average Bonchev–Trinajstić information content (AvgIpc) is 3.18. The molecule has 0 aliphatic rings. The number of carbonyl (C=O) groups is 1. The molecule has 4 aromatic rings. The van der Waals surface area contributed by atoms with Crippen molar-refractivity contribution in [3.63, 3.8) is 0 Å². The van der Waals surface area contributed by atoms with E-state index >= 15 is 0 Å². The van der Waals surface area contributed by atoms with Gasteiger partial charge in [-0.25, -0.2) is 8.78 Å². The van der Waals surface area contributed by atoms with Crippen LogP contribution in [0, 0.1) is 18.6 Å². The van der Waals surface area contributed by atoms with Gasteiger partial charge < -0.3 is 5.32 Å². The molecule has 0 unspecified atom stereocenters. The number of halogens is 2. The molecule has 0 fully saturated rings. The number of hydrogen-bond acceptors (Lipinski definition) is 4. The quantitative estimate of drug-likeness (QED) is 0.419. The number of carbonyl (C=O) groups excluding carboxylic acids is 1. The first kappa shape index (κ1) is 20.7. The number of anilines is 1. The van der Waals surface area contributed by atoms with Gasteiger partial charge in [-0.05, 0) is 55.5 Å². The Hall–Kier alpha value is -3.52. The maximum absolute atomic E-state index is 14.5. The summed E-state index contributed by atoms with van der Waals surface area (Å²) in [6.45, 7) is 1.98. The first-order chi connectivity index (χ1) is 15.0. The third-order valence-electron chi connectivity index (χ3n) is 4.50. The Morgan fingerprint density at radius 3 is 2.39 bits per heavy atom. The lowest BCUT2D eigenvalue weighted by Gasteiger charge is -2.11. The fourth-order valence-corrected chi connectivity index (χ4v) is 3.72. The summed E-state index contributed by atoms with van der Waals surface area (Å²) in [4.78, 5) is 12.4. The molecule has 0 spiro atoms. The topological polar surface area (TPSA) is 59.8 Å². The van der Waals surface area contributed by atoms with Crippen LogP contribution in [0.2, 0.25) is 0 Å². The maximum atomic E-state index is 14.5. The van der Waals surface area contributed by atoms with Crippen LogP contribution in [0.5, 0.6) is 0 Å². The summed E-state index contributed by atoms with van der Waals surface area (Å²) >= 11 is 1.18. The smallest absolute Gasteiger partial charge is 0.234 e. The fraction of sp³-hybridized carbons (Fsp3) is 0.0870. The number of aromatic nitrogens is 3. The Morgan fingerprint density at radius 2 is 1.68 bits per heavy atom. The third kappa shape index (κ3) is 4.80. The minimum absolute atomic E-state index is 0.0542. The number of hydrogen-bond donors (Lipinski definition) is 1. The van der Waals surface area contributed by atoms with E-state index in [-0.39, 0.29) is 17.5 Å². The van der Waals surface area contributed by atoms with Crippen molar-refractivity contribution in [2.24, 2.45) is 0 Å². The van der Waals surface area contributed by atoms with Crippen molar-refractivity contribution in [3.8, 4) is 17.1 Å². The maximum Gasteiger partial charge on any atom is 0.234 e. The van der Waals surface area contributed by atoms with E-state index in [1.54, 1.807) is 22.8 Å². The molecule has 1 amide bonds. The molecule has 156 valence electrons. The van der Waals surface area contributed by atoms with Crippen molar-refractivity contribution >= 4 is 23.4 Å². The van der Waals surface area contributed by atoms with Crippen LogP contribution >= 0.6 is 11.8 Å². The van der Waals surface area contributed by atoms with E-state index in [0.29, 0.717) is 22.2 Å². The second-order valence-corrected chi connectivity index (χ2v) is 7.74. The van der Waals surface area contributed by atoms with Crippen molar-refractivity contribution in [1.29, 1.82) is 0 Å². The molecular weight excluding hydrogens is 418 g/mol. The number of nitrogens with one attached hydrogen (secondary N) is 1. The Kier molecular flexibility index (Phi) is 6.08. The van der Waals surface area contributed by atoms with E-state index in [1.165, 1.54) is 42.1 Å². The van der Waals surface area contributed by atoms with E-state index in [0.717, 1.165) is 11.3 Å². The van der Waals surface area contributed by atoms with Crippen molar-refractivity contribution in [3.05, 3.63) is 90.0 Å². The molecule has 0 aliphatic carbocycles. The van der Waals surface area contributed by atoms with Gasteiger partial charge in [0.25, 0.3) is 0 Å². The Balaban J connectivity index is 1.61. The lowest BCUT2D eigenvalue weighted by molar-refractivity contribution is -0.113. The zero-order chi connectivity index (χ0) is 21.8. The van der Waals surface area contributed by atoms with Crippen molar-refractivity contribution < 1.29 is 13.6 Å². The standard InChI is InChI=1S/C23H18F2N4OS/c1-15-6-12-18(13-7-15)29-22(19-4-2-3-5-20(19)25)27-28-23(29)31-14-21(30)26-17-10-8-16(24)9-11-17/h2-13H,14H2,1H3,(H,26,30). The van der Waals surface area contributed by atoms with Gasteiger partial charge in [-0.15, -0.1) is 10.2 Å². The predicted octanol–water partition coefficient (Wildman–Crippen LogP) is 5.25. The Morgan fingerprint density at radius 1 is 0.968 bits per heavy atom. The molecular formula is C23H18F2N4OS. The van der Waals surface area contributed by atoms with Crippen LogP contribution in [-0.2, 0) is 4.79 Å². The molecule has 8 heteroatoms. The summed E-state index contributed by atoms with van der Waals surface area (Å²) in [7, 11) is 0. The van der Waals surface area contributed by atoms with Gasteiger partial charge >= 0.3 is 0 Å². The van der Waals surface area contributed by atoms with Gasteiger partial charge in [0.15, 0.2) is 11.0 Å². The summed E-state index contributed by atoms with van der Waals surface area (Å²) in [6, 6.07) is 19.5. The molecule has 1 N–H and O–H groups in total. The van der Waals surface area contributed by atoms with Crippen LogP contribution in [0.1, 0.15) is 5.56 Å². The number of thioether (sulfide) groups is 1. The highest BCUT2D eigenvalue weighted by molar-refractivity contribution is 7.99. The van der Waals surface area contributed by atoms with Gasteiger partial charge in [0, 0.05) is 11.4 Å². The number of nitrogens with zero attached hydrogens (tertiary/aromatic N) is 3. The largest absolute Gasteiger partial charge is 0.325 e. The molecule has 4 rings (SSSR count). The van der Waals surface area contributed by atoms with E-state index in [1.807, 2.05) is 31.2 Å². The highest BCUT2D eigenvalue weighted by atomic mass is 32.2. The van der Waals surface area contributed by atoms with Gasteiger partial charge in [0.1, 0.15) is 11.6 Å². The Labute approximate surface area is 182 Å². The minimum atomic E-state index is -0.408. The number of aryl methyl sites for hydroxylation is 1. The molecule has 31 heavy (non-hydrogen) atoms. The number of amides is 1. The van der Waals surface area contributed by atoms with Crippen LogP contribution in [0.3, 0.4) is 0 Å². The molecule has 1 aromatic heterocycles. The Bertz CT molecular complexity index is 1210. The van der Waals surface area contributed by atoms with Gasteiger partial charge in [-0.1, -0.05) is 41.6 Å². The van der Waals surface area contributed by atoms with Crippen molar-refractivity contribution in [2.45, 2.75) is 12.1 Å². The van der Waals surface area contributed by atoms with Crippen molar-refractivity contribution in [2.75, 3.05) is 11.1 Å². The van der Waals surface area contributed by atoms with Gasteiger partial charge in [0.2, 0.25) is 5.91 Å². The molecule has 5 nitrogen and oxygen atoms in total. The lowest BCUT2D eigenvalue weighted by atomic mass is 10.2. The summed E-state index contributed by atoms with van der Waals surface area (Å²) in [5.74, 6) is -0.655. The molecule has 0 saturated carbocycles. The molecule has 0 radical (unpaired) electrons. The van der Waals surface area contributed by atoms with Gasteiger partial charge in [-0.2, -0.15) is 0 Å². The molecule has 0 aliphatic heterocycles. The van der Waals surface area contributed by atoms with Crippen LogP contribution in [-0.4, -0.2) is 26.4 Å². The summed E-state index contributed by atoms with van der Waals surface area (Å²) in [5.41, 5.74) is 2.66. The zero-order valence-electron chi connectivity index (χ0n) is 16.5. The first-order valence-corrected chi connectivity index (χ1v) is 10.5. The third-order valence-corrected chi connectivity index (χ3v) is 5.43. The minimum Gasteiger partial charge on any atom is -0.325 e. The molecule has 1 heterocycles. The van der Waals surface area contributed by atoms with Crippen molar-refractivity contribution in [1.82, 2.24) is 14.8 Å². The zero-order valence-corrected chi connectivity index (χ0v) is 17.4. The second kappa shape index (κ2) is 9.09. The summed E-state index contributed by atoms with van der Waals surface area (Å²) in [5, 5.41) is 11.6. The first-order valence-electron chi connectivity index (χ1n) is 9.47. The highest BCUT2D eigenvalue weighted by Gasteiger charge is 2.19. The monoisotopic (exact) mass is 436 g/mol. The van der Waals surface area contributed by atoms with Crippen LogP contribution in [0.15, 0.2) is 78.0 Å². The summed E-state index contributed by atoms with van der Waals surface area (Å²) in [6.07, 6.45) is 0. The van der Waals surface area contributed by atoms with Crippen LogP contribution in [0.25, 0.3) is 17.1 Å². The number of benzene rings is 3. The van der Waals surface area contributed by atoms with Gasteiger partial charge in [-0.3, -0.25) is 9.36 Å². The summed E-state index contributed by atoms with van der Waals surface area (Å²) < 4.78 is 29.2. The highest BCUT2D eigenvalue weighted by Crippen LogP contribution is 2.29. The average molecular weight is 436 g/mol. The lowest BCUT2D eigenvalue weighted by Crippen LogP contribution is -2.14. The molecule has 0 bridgehead atoms. The van der Waals surface area contributed by atoms with Crippen LogP contribution < -0.4 is 5.32 Å². The van der Waals surface area contributed by atoms with Gasteiger partial charge in [0.05, 0.1) is 11.3 Å². The van der Waals surface area contributed by atoms with Crippen LogP contribution in [0.4, 0.5) is 14.5 Å².